The molecule has 0 saturated heterocycles. The van der Waals surface area contributed by atoms with Crippen molar-refractivity contribution in [3.8, 4) is 6.07 Å². The van der Waals surface area contributed by atoms with E-state index in [2.05, 4.69) is 16.4 Å². The predicted octanol–water partition coefficient (Wildman–Crippen LogP) is 3.11. The lowest BCUT2D eigenvalue weighted by atomic mass is 10.1. The molecule has 0 spiro atoms. The first kappa shape index (κ1) is 17.2. The number of carbonyl (C=O) groups excluding carboxylic acids is 1. The van der Waals surface area contributed by atoms with Crippen LogP contribution in [0.15, 0.2) is 65.3 Å². The molecule has 0 atom stereocenters. The highest BCUT2D eigenvalue weighted by Gasteiger charge is 2.13. The molecule has 1 aromatic carbocycles. The van der Waals surface area contributed by atoms with Gasteiger partial charge in [0.1, 0.15) is 23.3 Å². The van der Waals surface area contributed by atoms with Crippen LogP contribution in [-0.2, 0) is 13.1 Å². The standard InChI is InChI=1S/C20H18N4O2/c1-22-20(25)16-9-7-15(8-10-16)13-24(14-18-5-3-11-26-18)19-6-2-4-17(12-21)23-19/h2-11H,13-14H2,1H3,(H,22,25). The first-order chi connectivity index (χ1) is 12.7. The number of nitrogens with zero attached hydrogens (tertiary/aromatic N) is 3. The van der Waals surface area contributed by atoms with Crippen LogP contribution in [0.25, 0.3) is 0 Å². The molecule has 130 valence electrons. The van der Waals surface area contributed by atoms with Gasteiger partial charge in [0.25, 0.3) is 5.91 Å². The highest BCUT2D eigenvalue weighted by molar-refractivity contribution is 5.93. The highest BCUT2D eigenvalue weighted by atomic mass is 16.3. The molecule has 0 unspecified atom stereocenters. The summed E-state index contributed by atoms with van der Waals surface area (Å²) in [5.74, 6) is 1.37. The van der Waals surface area contributed by atoms with E-state index >= 15 is 0 Å². The van der Waals surface area contributed by atoms with Crippen molar-refractivity contribution in [3.05, 3.63) is 83.4 Å². The van der Waals surface area contributed by atoms with Gasteiger partial charge in [-0.1, -0.05) is 18.2 Å². The van der Waals surface area contributed by atoms with E-state index in [4.69, 9.17) is 9.68 Å². The second kappa shape index (κ2) is 7.99. The van der Waals surface area contributed by atoms with Gasteiger partial charge in [0, 0.05) is 19.2 Å². The number of amides is 1. The predicted molar refractivity (Wildman–Crippen MR) is 97.4 cm³/mol. The van der Waals surface area contributed by atoms with Crippen molar-refractivity contribution in [2.45, 2.75) is 13.1 Å². The third-order valence-electron chi connectivity index (χ3n) is 3.92. The minimum atomic E-state index is -0.118. The molecule has 0 fully saturated rings. The number of nitrogens with one attached hydrogen (secondary N) is 1. The Kier molecular flexibility index (Phi) is 5.30. The van der Waals surface area contributed by atoms with Crippen molar-refractivity contribution in [1.82, 2.24) is 10.3 Å². The molecular formula is C20H18N4O2. The monoisotopic (exact) mass is 346 g/mol. The lowest BCUT2D eigenvalue weighted by molar-refractivity contribution is 0.0963. The van der Waals surface area contributed by atoms with Gasteiger partial charge in [-0.3, -0.25) is 4.79 Å². The molecule has 6 nitrogen and oxygen atoms in total. The lowest BCUT2D eigenvalue weighted by Crippen LogP contribution is -2.23. The molecule has 0 aliphatic heterocycles. The molecule has 1 N–H and O–H groups in total. The maximum Gasteiger partial charge on any atom is 0.251 e. The maximum absolute atomic E-state index is 11.7. The number of nitriles is 1. The van der Waals surface area contributed by atoms with Crippen LogP contribution in [-0.4, -0.2) is 17.9 Å². The van der Waals surface area contributed by atoms with Crippen LogP contribution in [0.3, 0.4) is 0 Å². The van der Waals surface area contributed by atoms with Crippen LogP contribution < -0.4 is 10.2 Å². The average Bonchev–Trinajstić information content (AvgIpc) is 3.20. The first-order valence-corrected chi connectivity index (χ1v) is 8.15. The number of rotatable bonds is 6. The van der Waals surface area contributed by atoms with Gasteiger partial charge >= 0.3 is 0 Å². The molecule has 3 aromatic rings. The molecule has 0 saturated carbocycles. The van der Waals surface area contributed by atoms with Crippen molar-refractivity contribution in [2.75, 3.05) is 11.9 Å². The number of benzene rings is 1. The Morgan fingerprint density at radius 1 is 1.15 bits per heavy atom. The van der Waals surface area contributed by atoms with Gasteiger partial charge in [-0.05, 0) is 42.0 Å². The quantitative estimate of drug-likeness (QED) is 0.741. The molecule has 26 heavy (non-hydrogen) atoms. The Hall–Kier alpha value is -3.59. The van der Waals surface area contributed by atoms with Crippen molar-refractivity contribution >= 4 is 11.7 Å². The molecule has 3 rings (SSSR count). The van der Waals surface area contributed by atoms with Gasteiger partial charge in [-0.25, -0.2) is 4.98 Å². The van der Waals surface area contributed by atoms with E-state index in [0.29, 0.717) is 30.2 Å². The molecular weight excluding hydrogens is 328 g/mol. The Labute approximate surface area is 151 Å². The minimum absolute atomic E-state index is 0.118. The summed E-state index contributed by atoms with van der Waals surface area (Å²) in [6.07, 6.45) is 1.63. The second-order valence-electron chi connectivity index (χ2n) is 5.70. The fourth-order valence-electron chi connectivity index (χ4n) is 2.60. The van der Waals surface area contributed by atoms with E-state index in [1.807, 2.05) is 41.3 Å². The zero-order valence-electron chi connectivity index (χ0n) is 14.3. The van der Waals surface area contributed by atoms with E-state index in [1.165, 1.54) is 0 Å². The summed E-state index contributed by atoms with van der Waals surface area (Å²) in [7, 11) is 1.61. The normalized spacial score (nSPS) is 10.2. The molecule has 6 heteroatoms. The number of furan rings is 1. The van der Waals surface area contributed by atoms with Gasteiger partial charge < -0.3 is 14.6 Å². The molecule has 2 heterocycles. The third kappa shape index (κ3) is 4.08. The summed E-state index contributed by atoms with van der Waals surface area (Å²) < 4.78 is 5.46. The van der Waals surface area contributed by atoms with E-state index in [-0.39, 0.29) is 5.91 Å². The molecule has 0 radical (unpaired) electrons. The Bertz CT molecular complexity index is 912. The molecule has 0 aliphatic rings. The van der Waals surface area contributed by atoms with Crippen LogP contribution in [0.1, 0.15) is 27.4 Å². The van der Waals surface area contributed by atoms with Gasteiger partial charge in [0.05, 0.1) is 12.8 Å². The fourth-order valence-corrected chi connectivity index (χ4v) is 2.60. The van der Waals surface area contributed by atoms with E-state index in [9.17, 15) is 4.79 Å². The second-order valence-corrected chi connectivity index (χ2v) is 5.70. The summed E-state index contributed by atoms with van der Waals surface area (Å²) in [6, 6.07) is 18.6. The van der Waals surface area contributed by atoms with Crippen LogP contribution in [0.4, 0.5) is 5.82 Å². The number of anilines is 1. The van der Waals surface area contributed by atoms with Gasteiger partial charge in [-0.15, -0.1) is 0 Å². The highest BCUT2D eigenvalue weighted by Crippen LogP contribution is 2.19. The first-order valence-electron chi connectivity index (χ1n) is 8.15. The van der Waals surface area contributed by atoms with Gasteiger partial charge in [0.15, 0.2) is 0 Å². The summed E-state index contributed by atoms with van der Waals surface area (Å²) in [6.45, 7) is 1.09. The van der Waals surface area contributed by atoms with E-state index < -0.39 is 0 Å². The van der Waals surface area contributed by atoms with Crippen LogP contribution in [0.5, 0.6) is 0 Å². The van der Waals surface area contributed by atoms with Crippen LogP contribution in [0, 0.1) is 11.3 Å². The Morgan fingerprint density at radius 2 is 1.96 bits per heavy atom. The number of pyridine rings is 1. The van der Waals surface area contributed by atoms with Crippen molar-refractivity contribution in [3.63, 3.8) is 0 Å². The smallest absolute Gasteiger partial charge is 0.251 e. The minimum Gasteiger partial charge on any atom is -0.467 e. The van der Waals surface area contributed by atoms with Crippen molar-refractivity contribution in [2.24, 2.45) is 0 Å². The Balaban J connectivity index is 1.85. The zero-order valence-corrected chi connectivity index (χ0v) is 14.3. The number of hydrogen-bond donors (Lipinski definition) is 1. The number of hydrogen-bond acceptors (Lipinski definition) is 5. The summed E-state index contributed by atoms with van der Waals surface area (Å²) >= 11 is 0. The number of aromatic nitrogens is 1. The third-order valence-corrected chi connectivity index (χ3v) is 3.92. The van der Waals surface area contributed by atoms with E-state index in [0.717, 1.165) is 11.3 Å². The maximum atomic E-state index is 11.7. The SMILES string of the molecule is CNC(=O)c1ccc(CN(Cc2ccco2)c2cccc(C#N)n2)cc1. The largest absolute Gasteiger partial charge is 0.467 e. The van der Waals surface area contributed by atoms with Crippen LogP contribution in [0.2, 0.25) is 0 Å². The summed E-state index contributed by atoms with van der Waals surface area (Å²) in [4.78, 5) is 18.1. The summed E-state index contributed by atoms with van der Waals surface area (Å²) in [5, 5.41) is 11.7. The zero-order chi connectivity index (χ0) is 18.4. The molecule has 2 aromatic heterocycles. The van der Waals surface area contributed by atoms with Crippen molar-refractivity contribution < 1.29 is 9.21 Å². The fraction of sp³-hybridized carbons (Fsp3) is 0.150. The summed E-state index contributed by atoms with van der Waals surface area (Å²) in [5.41, 5.74) is 1.99. The Morgan fingerprint density at radius 3 is 2.62 bits per heavy atom. The van der Waals surface area contributed by atoms with Gasteiger partial charge in [-0.2, -0.15) is 5.26 Å². The molecule has 1 amide bonds. The van der Waals surface area contributed by atoms with Crippen LogP contribution >= 0.6 is 0 Å². The average molecular weight is 346 g/mol. The van der Waals surface area contributed by atoms with Gasteiger partial charge in [0.2, 0.25) is 0 Å². The molecule has 0 aliphatic carbocycles. The number of carbonyl (C=O) groups is 1. The lowest BCUT2D eigenvalue weighted by Gasteiger charge is -2.23. The van der Waals surface area contributed by atoms with Crippen molar-refractivity contribution in [1.29, 1.82) is 5.26 Å². The van der Waals surface area contributed by atoms with E-state index in [1.54, 1.807) is 31.5 Å². The molecule has 0 bridgehead atoms. The topological polar surface area (TPSA) is 82.2 Å².